The minimum absolute atomic E-state index is 0.0747. The van der Waals surface area contributed by atoms with Crippen LogP contribution < -0.4 is 5.73 Å². The Labute approximate surface area is 126 Å². The first-order valence-electron chi connectivity index (χ1n) is 6.57. The summed E-state index contributed by atoms with van der Waals surface area (Å²) in [5.74, 6) is -0.209. The third-order valence-corrected chi connectivity index (χ3v) is 6.04. The van der Waals surface area contributed by atoms with E-state index in [1.807, 2.05) is 6.92 Å². The van der Waals surface area contributed by atoms with Crippen molar-refractivity contribution in [1.29, 1.82) is 0 Å². The van der Waals surface area contributed by atoms with E-state index >= 15 is 0 Å². The summed E-state index contributed by atoms with van der Waals surface area (Å²) in [5, 5.41) is 0. The molecule has 0 saturated heterocycles. The smallest absolute Gasteiger partial charge is 0.242 e. The molecule has 0 aromatic heterocycles. The molecule has 1 aromatic rings. The summed E-state index contributed by atoms with van der Waals surface area (Å²) in [7, 11) is -5.55. The molecule has 0 amide bonds. The highest BCUT2D eigenvalue weighted by molar-refractivity contribution is 7.91. The molecule has 21 heavy (non-hydrogen) atoms. The fraction of sp³-hybridized carbons (Fsp3) is 0.538. The molecular weight excluding hydrogens is 312 g/mol. The van der Waals surface area contributed by atoms with Gasteiger partial charge >= 0.3 is 0 Å². The molecule has 8 heteroatoms. The van der Waals surface area contributed by atoms with Crippen molar-refractivity contribution < 1.29 is 16.8 Å². The number of aryl methyl sites for hydroxylation is 1. The van der Waals surface area contributed by atoms with Gasteiger partial charge in [0.25, 0.3) is 0 Å². The molecule has 1 aromatic carbocycles. The fourth-order valence-electron chi connectivity index (χ4n) is 1.89. The van der Waals surface area contributed by atoms with Crippen LogP contribution in [-0.2, 0) is 32.8 Å². The highest BCUT2D eigenvalue weighted by Gasteiger charge is 2.22. The molecule has 120 valence electrons. The molecule has 0 radical (unpaired) electrons. The third kappa shape index (κ3) is 4.77. The molecule has 0 bridgehead atoms. The molecule has 0 aliphatic rings. The third-order valence-electron chi connectivity index (χ3n) is 3.26. The van der Waals surface area contributed by atoms with Gasteiger partial charge in [-0.1, -0.05) is 13.0 Å². The predicted molar refractivity (Wildman–Crippen MR) is 83.2 cm³/mol. The van der Waals surface area contributed by atoms with Crippen LogP contribution in [0.5, 0.6) is 0 Å². The van der Waals surface area contributed by atoms with Gasteiger partial charge in [0, 0.05) is 26.4 Å². The van der Waals surface area contributed by atoms with E-state index in [-0.39, 0.29) is 23.7 Å². The van der Waals surface area contributed by atoms with Crippen LogP contribution in [0, 0.1) is 0 Å². The molecule has 0 aliphatic heterocycles. The van der Waals surface area contributed by atoms with Crippen LogP contribution in [0.1, 0.15) is 18.1 Å². The Kier molecular flexibility index (Phi) is 5.92. The largest absolute Gasteiger partial charge is 0.326 e. The van der Waals surface area contributed by atoms with Gasteiger partial charge in [-0.25, -0.2) is 16.8 Å². The lowest BCUT2D eigenvalue weighted by atomic mass is 10.1. The van der Waals surface area contributed by atoms with Gasteiger partial charge in [-0.3, -0.25) is 0 Å². The molecule has 0 aliphatic carbocycles. The van der Waals surface area contributed by atoms with Gasteiger partial charge in [0.05, 0.1) is 10.6 Å². The molecule has 0 heterocycles. The van der Waals surface area contributed by atoms with Crippen LogP contribution >= 0.6 is 0 Å². The lowest BCUT2D eigenvalue weighted by molar-refractivity contribution is 0.484. The summed E-state index contributed by atoms with van der Waals surface area (Å²) < 4.78 is 48.2. The average molecular weight is 334 g/mol. The summed E-state index contributed by atoms with van der Waals surface area (Å²) in [5.41, 5.74) is 7.44. The van der Waals surface area contributed by atoms with E-state index in [9.17, 15) is 16.8 Å². The number of nitrogens with two attached hydrogens (primary N) is 1. The van der Waals surface area contributed by atoms with E-state index in [4.69, 9.17) is 5.73 Å². The maximum atomic E-state index is 12.4. The zero-order valence-corrected chi connectivity index (χ0v) is 14.2. The number of benzene rings is 1. The Bertz CT molecular complexity index is 697. The Morgan fingerprint density at radius 3 is 2.24 bits per heavy atom. The van der Waals surface area contributed by atoms with Gasteiger partial charge < -0.3 is 5.73 Å². The minimum atomic E-state index is -3.71. The summed E-state index contributed by atoms with van der Waals surface area (Å²) in [6.07, 6.45) is 1.85. The first-order valence-corrected chi connectivity index (χ1v) is 10.1. The van der Waals surface area contributed by atoms with Crippen molar-refractivity contribution >= 4 is 19.9 Å². The maximum Gasteiger partial charge on any atom is 0.242 e. The molecular formula is C13H22N2O4S2. The van der Waals surface area contributed by atoms with Crippen LogP contribution in [0.25, 0.3) is 0 Å². The van der Waals surface area contributed by atoms with Crippen LogP contribution in [-0.4, -0.2) is 46.7 Å². The lowest BCUT2D eigenvalue weighted by Crippen LogP contribution is -2.31. The van der Waals surface area contributed by atoms with Crippen molar-refractivity contribution in [2.45, 2.75) is 24.8 Å². The SMILES string of the molecule is CCc1ccc(S(=O)(=O)N(C)CCS(C)(=O)=O)cc1CN. The van der Waals surface area contributed by atoms with E-state index in [2.05, 4.69) is 0 Å². The van der Waals surface area contributed by atoms with E-state index in [0.29, 0.717) is 0 Å². The zero-order valence-electron chi connectivity index (χ0n) is 12.5. The summed E-state index contributed by atoms with van der Waals surface area (Å²) in [6.45, 7) is 2.16. The lowest BCUT2D eigenvalue weighted by Gasteiger charge is -2.18. The van der Waals surface area contributed by atoms with Crippen molar-refractivity contribution in [3.05, 3.63) is 29.3 Å². The number of hydrogen-bond donors (Lipinski definition) is 1. The Morgan fingerprint density at radius 1 is 1.14 bits per heavy atom. The standard InChI is InChI=1S/C13H22N2O4S2/c1-4-11-5-6-13(9-12(11)10-14)21(18,19)15(2)7-8-20(3,16)17/h5-6,9H,4,7-8,10,14H2,1-3H3. The molecule has 0 spiro atoms. The van der Waals surface area contributed by atoms with Crippen LogP contribution in [0.3, 0.4) is 0 Å². The Morgan fingerprint density at radius 2 is 1.76 bits per heavy atom. The molecule has 2 N–H and O–H groups in total. The fourth-order valence-corrected chi connectivity index (χ4v) is 3.84. The topological polar surface area (TPSA) is 97.5 Å². The summed E-state index contributed by atoms with van der Waals surface area (Å²) in [4.78, 5) is 0.135. The maximum absolute atomic E-state index is 12.4. The van der Waals surface area contributed by atoms with E-state index in [1.54, 1.807) is 12.1 Å². The monoisotopic (exact) mass is 334 g/mol. The van der Waals surface area contributed by atoms with Crippen molar-refractivity contribution in [3.8, 4) is 0 Å². The molecule has 6 nitrogen and oxygen atoms in total. The van der Waals surface area contributed by atoms with Crippen LogP contribution in [0.4, 0.5) is 0 Å². The predicted octanol–water partition coefficient (Wildman–Crippen LogP) is 0.373. The second-order valence-corrected chi connectivity index (χ2v) is 9.25. The summed E-state index contributed by atoms with van der Waals surface area (Å²) in [6, 6.07) is 4.84. The number of sulfonamides is 1. The second-order valence-electron chi connectivity index (χ2n) is 4.94. The first kappa shape index (κ1) is 18.1. The van der Waals surface area contributed by atoms with Gasteiger partial charge in [0.15, 0.2) is 0 Å². The van der Waals surface area contributed by atoms with Crippen molar-refractivity contribution in [2.24, 2.45) is 5.73 Å². The molecule has 1 rings (SSSR count). The van der Waals surface area contributed by atoms with E-state index in [1.165, 1.54) is 13.1 Å². The van der Waals surface area contributed by atoms with Crippen molar-refractivity contribution in [2.75, 3.05) is 25.6 Å². The number of nitrogens with zero attached hydrogens (tertiary/aromatic N) is 1. The first-order chi connectivity index (χ1) is 9.61. The van der Waals surface area contributed by atoms with Crippen LogP contribution in [0.2, 0.25) is 0 Å². The van der Waals surface area contributed by atoms with Crippen LogP contribution in [0.15, 0.2) is 23.1 Å². The van der Waals surface area contributed by atoms with Gasteiger partial charge in [-0.05, 0) is 29.7 Å². The van der Waals surface area contributed by atoms with Gasteiger partial charge in [-0.15, -0.1) is 0 Å². The Balaban J connectivity index is 3.07. The molecule has 0 saturated carbocycles. The normalized spacial score (nSPS) is 12.8. The molecule has 0 atom stereocenters. The number of sulfone groups is 1. The van der Waals surface area contributed by atoms with Gasteiger partial charge in [0.2, 0.25) is 10.0 Å². The molecule has 0 fully saturated rings. The highest BCUT2D eigenvalue weighted by Crippen LogP contribution is 2.19. The number of hydrogen-bond acceptors (Lipinski definition) is 5. The van der Waals surface area contributed by atoms with Crippen molar-refractivity contribution in [3.63, 3.8) is 0 Å². The zero-order chi connectivity index (χ0) is 16.3. The van der Waals surface area contributed by atoms with E-state index in [0.717, 1.165) is 28.1 Å². The second kappa shape index (κ2) is 6.87. The van der Waals surface area contributed by atoms with Gasteiger partial charge in [0.1, 0.15) is 9.84 Å². The molecule has 0 unspecified atom stereocenters. The quantitative estimate of drug-likeness (QED) is 0.777. The summed E-state index contributed by atoms with van der Waals surface area (Å²) >= 11 is 0. The Hall–Kier alpha value is -0.960. The average Bonchev–Trinajstić information content (AvgIpc) is 2.42. The van der Waals surface area contributed by atoms with Gasteiger partial charge in [-0.2, -0.15) is 4.31 Å². The minimum Gasteiger partial charge on any atom is -0.326 e. The van der Waals surface area contributed by atoms with Crippen molar-refractivity contribution in [1.82, 2.24) is 4.31 Å². The number of rotatable bonds is 7. The highest BCUT2D eigenvalue weighted by atomic mass is 32.2. The van der Waals surface area contributed by atoms with E-state index < -0.39 is 19.9 Å².